The van der Waals surface area contributed by atoms with Gasteiger partial charge in [0.2, 0.25) is 0 Å². The fourth-order valence-corrected chi connectivity index (χ4v) is 2.52. The van der Waals surface area contributed by atoms with Crippen LogP contribution in [0.1, 0.15) is 0 Å². The molecule has 136 valence electrons. The molecule has 0 bridgehead atoms. The van der Waals surface area contributed by atoms with E-state index in [1.807, 2.05) is 0 Å². The lowest BCUT2D eigenvalue weighted by Crippen LogP contribution is -2.45. The Labute approximate surface area is 149 Å². The van der Waals surface area contributed by atoms with Crippen LogP contribution in [-0.4, -0.2) is 47.1 Å². The van der Waals surface area contributed by atoms with Gasteiger partial charge >= 0.3 is 11.9 Å². The Morgan fingerprint density at radius 3 is 2.62 bits per heavy atom. The van der Waals surface area contributed by atoms with Crippen molar-refractivity contribution in [2.45, 2.75) is 12.1 Å². The number of hydrogen-bond donors (Lipinski definition) is 5. The third-order valence-corrected chi connectivity index (χ3v) is 3.85. The van der Waals surface area contributed by atoms with E-state index < -0.39 is 24.0 Å². The number of rotatable bonds is 7. The van der Waals surface area contributed by atoms with Crippen LogP contribution in [0.4, 0.5) is 0 Å². The Hall–Kier alpha value is -3.39. The van der Waals surface area contributed by atoms with Crippen LogP contribution in [0, 0.1) is 0 Å². The van der Waals surface area contributed by atoms with Gasteiger partial charge in [0, 0.05) is 18.2 Å². The molecule has 0 spiro atoms. The second kappa shape index (κ2) is 8.13. The Kier molecular flexibility index (Phi) is 5.92. The van der Waals surface area contributed by atoms with Gasteiger partial charge in [0.25, 0.3) is 0 Å². The average molecular weight is 357 g/mol. The molecule has 2 aliphatic rings. The van der Waals surface area contributed by atoms with E-state index in [0.29, 0.717) is 29.8 Å². The molecule has 0 saturated heterocycles. The van der Waals surface area contributed by atoms with Crippen LogP contribution in [-0.2, 0) is 14.4 Å². The van der Waals surface area contributed by atoms with Crippen molar-refractivity contribution < 1.29 is 24.6 Å². The summed E-state index contributed by atoms with van der Waals surface area (Å²) < 4.78 is 0. The first kappa shape index (κ1) is 18.9. The van der Waals surface area contributed by atoms with Gasteiger partial charge in [-0.2, -0.15) is 0 Å². The van der Waals surface area contributed by atoms with Crippen LogP contribution >= 0.6 is 0 Å². The van der Waals surface area contributed by atoms with Crippen LogP contribution in [0.2, 0.25) is 0 Å². The molecular formula is C18H19N3O5. The predicted octanol–water partition coefficient (Wildman–Crippen LogP) is -0.0102. The second-order valence-corrected chi connectivity index (χ2v) is 5.62. The smallest absolute Gasteiger partial charge is 0.335 e. The predicted molar refractivity (Wildman–Crippen MR) is 94.8 cm³/mol. The van der Waals surface area contributed by atoms with Crippen molar-refractivity contribution in [3.8, 4) is 0 Å². The summed E-state index contributed by atoms with van der Waals surface area (Å²) in [5, 5.41) is 24.3. The lowest BCUT2D eigenvalue weighted by Gasteiger charge is -2.29. The summed E-state index contributed by atoms with van der Waals surface area (Å²) >= 11 is 0. The third-order valence-electron chi connectivity index (χ3n) is 3.85. The number of nitrogens with two attached hydrogens (primary N) is 1. The van der Waals surface area contributed by atoms with E-state index in [0.717, 1.165) is 0 Å². The first-order chi connectivity index (χ1) is 12.3. The number of carbonyl (C=O) groups is 3. The number of hydrogen-bond acceptors (Lipinski definition) is 6. The van der Waals surface area contributed by atoms with E-state index >= 15 is 0 Å². The van der Waals surface area contributed by atoms with Crippen molar-refractivity contribution in [3.05, 3.63) is 71.1 Å². The molecule has 2 unspecified atom stereocenters. The van der Waals surface area contributed by atoms with Gasteiger partial charge in [0.1, 0.15) is 6.29 Å². The minimum atomic E-state index is -1.16. The highest BCUT2D eigenvalue weighted by molar-refractivity contribution is 5.91. The number of carbonyl (C=O) groups excluding carboxylic acids is 1. The SMILES string of the molecule is C=C/C(=C\C(N)C1C=C(C=O)C=C(C2=CC(C(=O)O)=CCN2)N1)C(=O)O. The van der Waals surface area contributed by atoms with E-state index in [9.17, 15) is 14.4 Å². The Balaban J connectivity index is 2.31. The second-order valence-electron chi connectivity index (χ2n) is 5.62. The van der Waals surface area contributed by atoms with Crippen molar-refractivity contribution in [1.82, 2.24) is 10.6 Å². The van der Waals surface area contributed by atoms with Gasteiger partial charge in [0.15, 0.2) is 0 Å². The summed E-state index contributed by atoms with van der Waals surface area (Å²) in [5.41, 5.74) is 7.48. The topological polar surface area (TPSA) is 142 Å². The van der Waals surface area contributed by atoms with E-state index in [1.165, 1.54) is 24.3 Å². The molecule has 0 aliphatic carbocycles. The number of allylic oxidation sites excluding steroid dienone is 2. The number of dihydropyridines is 2. The first-order valence-electron chi connectivity index (χ1n) is 7.73. The quantitative estimate of drug-likeness (QED) is 0.243. The van der Waals surface area contributed by atoms with Crippen LogP contribution in [0.25, 0.3) is 0 Å². The molecule has 2 atom stereocenters. The molecule has 0 aromatic heterocycles. The van der Waals surface area contributed by atoms with E-state index in [1.54, 1.807) is 12.2 Å². The number of carboxylic acid groups (broad SMARTS) is 2. The number of nitrogens with one attached hydrogen (secondary N) is 2. The molecule has 26 heavy (non-hydrogen) atoms. The van der Waals surface area contributed by atoms with E-state index in [-0.39, 0.29) is 11.1 Å². The maximum absolute atomic E-state index is 11.3. The van der Waals surface area contributed by atoms with Gasteiger partial charge in [-0.1, -0.05) is 24.8 Å². The molecule has 0 aromatic carbocycles. The number of aliphatic carboxylic acids is 2. The van der Waals surface area contributed by atoms with Crippen molar-refractivity contribution in [3.63, 3.8) is 0 Å². The Morgan fingerprint density at radius 2 is 2.04 bits per heavy atom. The molecule has 2 heterocycles. The minimum absolute atomic E-state index is 0.0532. The van der Waals surface area contributed by atoms with Gasteiger partial charge in [-0.3, -0.25) is 4.79 Å². The van der Waals surface area contributed by atoms with Crippen LogP contribution in [0.15, 0.2) is 71.1 Å². The van der Waals surface area contributed by atoms with Crippen molar-refractivity contribution in [1.29, 1.82) is 0 Å². The monoisotopic (exact) mass is 357 g/mol. The lowest BCUT2D eigenvalue weighted by molar-refractivity contribution is -0.133. The molecule has 8 heteroatoms. The zero-order chi connectivity index (χ0) is 19.3. The van der Waals surface area contributed by atoms with Gasteiger partial charge < -0.3 is 26.6 Å². The molecular weight excluding hydrogens is 338 g/mol. The van der Waals surface area contributed by atoms with E-state index in [2.05, 4.69) is 17.2 Å². The molecule has 0 amide bonds. The fraction of sp³-hybridized carbons (Fsp3) is 0.167. The molecule has 0 radical (unpaired) electrons. The summed E-state index contributed by atoms with van der Waals surface area (Å²) in [7, 11) is 0. The first-order valence-corrected chi connectivity index (χ1v) is 7.73. The molecule has 6 N–H and O–H groups in total. The molecule has 0 saturated carbocycles. The highest BCUT2D eigenvalue weighted by Crippen LogP contribution is 2.19. The van der Waals surface area contributed by atoms with Crippen LogP contribution in [0.5, 0.6) is 0 Å². The molecule has 0 aromatic rings. The maximum atomic E-state index is 11.3. The lowest BCUT2D eigenvalue weighted by atomic mass is 9.97. The molecule has 8 nitrogen and oxygen atoms in total. The fourth-order valence-electron chi connectivity index (χ4n) is 2.52. The van der Waals surface area contributed by atoms with Crippen LogP contribution < -0.4 is 16.4 Å². The van der Waals surface area contributed by atoms with Crippen molar-refractivity contribution in [2.75, 3.05) is 6.54 Å². The molecule has 2 rings (SSSR count). The molecule has 2 aliphatic heterocycles. The summed E-state index contributed by atoms with van der Waals surface area (Å²) in [5.74, 6) is -2.21. The highest BCUT2D eigenvalue weighted by Gasteiger charge is 2.23. The number of aldehydes is 1. The maximum Gasteiger partial charge on any atom is 0.335 e. The summed E-state index contributed by atoms with van der Waals surface area (Å²) in [4.78, 5) is 33.5. The van der Waals surface area contributed by atoms with Gasteiger partial charge in [0.05, 0.1) is 28.6 Å². The molecule has 0 fully saturated rings. The Morgan fingerprint density at radius 1 is 1.31 bits per heavy atom. The minimum Gasteiger partial charge on any atom is -0.478 e. The largest absolute Gasteiger partial charge is 0.478 e. The summed E-state index contributed by atoms with van der Waals surface area (Å²) in [6.07, 6.45) is 9.28. The average Bonchev–Trinajstić information content (AvgIpc) is 2.65. The van der Waals surface area contributed by atoms with Crippen LogP contribution in [0.3, 0.4) is 0 Å². The van der Waals surface area contributed by atoms with E-state index in [4.69, 9.17) is 15.9 Å². The van der Waals surface area contributed by atoms with Gasteiger partial charge in [-0.25, -0.2) is 9.59 Å². The third kappa shape index (κ3) is 4.37. The standard InChI is InChI=1S/C18H19N3O5/c1-2-11(17(23)24)7-13(19)14-5-10(9-22)6-16(21-14)15-8-12(18(25)26)3-4-20-15/h2-3,5-9,13-14,20-21H,1,4,19H2,(H,23,24)(H,25,26)/b11-7+. The number of carboxylic acids is 2. The van der Waals surface area contributed by atoms with Gasteiger partial charge in [-0.15, -0.1) is 0 Å². The normalized spacial score (nSPS) is 21.0. The van der Waals surface area contributed by atoms with Gasteiger partial charge in [-0.05, 0) is 18.2 Å². The van der Waals surface area contributed by atoms with Crippen molar-refractivity contribution >= 4 is 18.2 Å². The zero-order valence-electron chi connectivity index (χ0n) is 13.8. The highest BCUT2D eigenvalue weighted by atomic mass is 16.4. The van der Waals surface area contributed by atoms with Crippen molar-refractivity contribution in [2.24, 2.45) is 5.73 Å². The summed E-state index contributed by atoms with van der Waals surface area (Å²) in [6.45, 7) is 3.76. The summed E-state index contributed by atoms with van der Waals surface area (Å²) in [6, 6.07) is -1.32. The Bertz CT molecular complexity index is 802. The zero-order valence-corrected chi connectivity index (χ0v) is 13.8.